The van der Waals surface area contributed by atoms with Crippen LogP contribution in [0.15, 0.2) is 60.7 Å². The number of halogens is 1. The Morgan fingerprint density at radius 2 is 1.88 bits per heavy atom. The molecule has 0 unspecified atom stereocenters. The topological polar surface area (TPSA) is 66.5 Å². The van der Waals surface area contributed by atoms with Gasteiger partial charge in [-0.05, 0) is 29.3 Å². The first-order valence-electron chi connectivity index (χ1n) is 7.12. The molecule has 0 saturated heterocycles. The molecule has 0 aliphatic carbocycles. The van der Waals surface area contributed by atoms with E-state index in [1.54, 1.807) is 24.3 Å². The molecule has 126 valence electrons. The van der Waals surface area contributed by atoms with Crippen molar-refractivity contribution in [2.45, 2.75) is 6.54 Å². The molecular formula is C17H17ClN2O3S. The maximum absolute atomic E-state index is 12.1. The highest BCUT2D eigenvalue weighted by atomic mass is 35.5. The molecule has 24 heavy (non-hydrogen) atoms. The predicted octanol–water partition coefficient (Wildman–Crippen LogP) is 2.85. The van der Waals surface area contributed by atoms with Gasteiger partial charge in [-0.2, -0.15) is 12.7 Å². The van der Waals surface area contributed by atoms with Gasteiger partial charge in [0.1, 0.15) is 0 Å². The highest BCUT2D eigenvalue weighted by molar-refractivity contribution is 7.87. The number of hydrogen-bond acceptors (Lipinski definition) is 3. The maximum atomic E-state index is 12.1. The Labute approximate surface area is 146 Å². The lowest BCUT2D eigenvalue weighted by molar-refractivity contribution is -0.114. The van der Waals surface area contributed by atoms with Gasteiger partial charge in [-0.1, -0.05) is 54.1 Å². The summed E-state index contributed by atoms with van der Waals surface area (Å²) in [6, 6.07) is 16.0. The van der Waals surface area contributed by atoms with Crippen LogP contribution in [0.3, 0.4) is 0 Å². The van der Waals surface area contributed by atoms with E-state index in [1.165, 1.54) is 13.1 Å². The van der Waals surface area contributed by atoms with Gasteiger partial charge in [-0.15, -0.1) is 0 Å². The van der Waals surface area contributed by atoms with E-state index >= 15 is 0 Å². The lowest BCUT2D eigenvalue weighted by Crippen LogP contribution is -2.40. The molecule has 0 fully saturated rings. The molecular weight excluding hydrogens is 348 g/mol. The van der Waals surface area contributed by atoms with Crippen molar-refractivity contribution in [2.24, 2.45) is 0 Å². The molecule has 0 atom stereocenters. The average Bonchev–Trinajstić information content (AvgIpc) is 2.53. The molecule has 2 aromatic carbocycles. The van der Waals surface area contributed by atoms with Gasteiger partial charge in [-0.3, -0.25) is 4.79 Å². The molecule has 0 aliphatic rings. The van der Waals surface area contributed by atoms with Gasteiger partial charge >= 0.3 is 10.2 Å². The molecule has 0 spiro atoms. The minimum absolute atomic E-state index is 0.168. The molecule has 0 bridgehead atoms. The number of carbonyl (C=O) groups is 1. The highest BCUT2D eigenvalue weighted by Gasteiger charge is 2.19. The molecule has 0 aliphatic heterocycles. The molecule has 0 aromatic heterocycles. The van der Waals surface area contributed by atoms with Crippen LogP contribution in [-0.4, -0.2) is 25.7 Å². The zero-order chi connectivity index (χ0) is 17.6. The Morgan fingerprint density at radius 3 is 2.54 bits per heavy atom. The molecule has 1 N–H and O–H groups in total. The van der Waals surface area contributed by atoms with E-state index in [1.807, 2.05) is 35.1 Å². The SMILES string of the molecule is CN(Cc1ccccc1)S(=O)(=O)NC(=O)C=Cc1cccc(Cl)c1. The van der Waals surface area contributed by atoms with Crippen LogP contribution in [0, 0.1) is 0 Å². The standard InChI is InChI=1S/C17H17ClN2O3S/c1-20(13-15-6-3-2-4-7-15)24(22,23)19-17(21)11-10-14-8-5-9-16(18)12-14/h2-12H,13H2,1H3,(H,19,21). The quantitative estimate of drug-likeness (QED) is 0.801. The summed E-state index contributed by atoms with van der Waals surface area (Å²) in [7, 11) is -2.51. The summed E-state index contributed by atoms with van der Waals surface area (Å²) in [5.41, 5.74) is 1.53. The third-order valence-electron chi connectivity index (χ3n) is 3.16. The Morgan fingerprint density at radius 1 is 1.17 bits per heavy atom. The largest absolute Gasteiger partial charge is 0.304 e. The average molecular weight is 365 g/mol. The first kappa shape index (κ1) is 18.2. The molecule has 0 saturated carbocycles. The summed E-state index contributed by atoms with van der Waals surface area (Å²) in [6.45, 7) is 0.168. The Hall–Kier alpha value is -2.15. The second-order valence-electron chi connectivity index (χ2n) is 5.10. The Kier molecular flexibility index (Phi) is 6.14. The number of amides is 1. The fraction of sp³-hybridized carbons (Fsp3) is 0.118. The van der Waals surface area contributed by atoms with E-state index in [-0.39, 0.29) is 6.54 Å². The monoisotopic (exact) mass is 364 g/mol. The molecule has 1 amide bonds. The van der Waals surface area contributed by atoms with Crippen LogP contribution < -0.4 is 4.72 Å². The lowest BCUT2D eigenvalue weighted by atomic mass is 10.2. The number of rotatable bonds is 6. The second-order valence-corrected chi connectivity index (χ2v) is 7.32. The third kappa shape index (κ3) is 5.49. The number of carbonyl (C=O) groups excluding carboxylic acids is 1. The summed E-state index contributed by atoms with van der Waals surface area (Å²) in [5.74, 6) is -0.727. The summed E-state index contributed by atoms with van der Waals surface area (Å²) in [5, 5.41) is 0.535. The summed E-state index contributed by atoms with van der Waals surface area (Å²) < 4.78 is 27.4. The number of nitrogens with zero attached hydrogens (tertiary/aromatic N) is 1. The molecule has 0 heterocycles. The second kappa shape index (κ2) is 8.10. The third-order valence-corrected chi connectivity index (χ3v) is 4.81. The Balaban J connectivity index is 1.98. The van der Waals surface area contributed by atoms with Crippen molar-refractivity contribution < 1.29 is 13.2 Å². The van der Waals surface area contributed by atoms with E-state index in [2.05, 4.69) is 0 Å². The molecule has 2 aromatic rings. The summed E-state index contributed by atoms with van der Waals surface area (Å²) >= 11 is 5.85. The van der Waals surface area contributed by atoms with Crippen molar-refractivity contribution in [2.75, 3.05) is 7.05 Å². The number of nitrogens with one attached hydrogen (secondary N) is 1. The first-order chi connectivity index (χ1) is 11.4. The van der Waals surface area contributed by atoms with Crippen molar-refractivity contribution in [1.29, 1.82) is 0 Å². The number of hydrogen-bond donors (Lipinski definition) is 1. The van der Waals surface area contributed by atoms with Crippen LogP contribution in [0.4, 0.5) is 0 Å². The van der Waals surface area contributed by atoms with E-state index in [9.17, 15) is 13.2 Å². The maximum Gasteiger partial charge on any atom is 0.304 e. The molecule has 5 nitrogen and oxygen atoms in total. The first-order valence-corrected chi connectivity index (χ1v) is 8.94. The highest BCUT2D eigenvalue weighted by Crippen LogP contribution is 2.12. The van der Waals surface area contributed by atoms with Crippen LogP contribution in [0.2, 0.25) is 5.02 Å². The van der Waals surface area contributed by atoms with E-state index < -0.39 is 16.1 Å². The fourth-order valence-corrected chi connectivity index (χ4v) is 2.94. The normalized spacial score (nSPS) is 11.8. The summed E-state index contributed by atoms with van der Waals surface area (Å²) in [6.07, 6.45) is 2.65. The van der Waals surface area contributed by atoms with Crippen LogP contribution in [-0.2, 0) is 21.5 Å². The molecule has 7 heteroatoms. The van der Waals surface area contributed by atoms with Gasteiger partial charge in [0.05, 0.1) is 0 Å². The summed E-state index contributed by atoms with van der Waals surface area (Å²) in [4.78, 5) is 11.8. The van der Waals surface area contributed by atoms with Crippen LogP contribution in [0.25, 0.3) is 6.08 Å². The van der Waals surface area contributed by atoms with Gasteiger partial charge in [0.15, 0.2) is 0 Å². The zero-order valence-electron chi connectivity index (χ0n) is 13.0. The van der Waals surface area contributed by atoms with Crippen LogP contribution in [0.5, 0.6) is 0 Å². The van der Waals surface area contributed by atoms with Crippen LogP contribution >= 0.6 is 11.6 Å². The van der Waals surface area contributed by atoms with E-state index in [4.69, 9.17) is 11.6 Å². The van der Waals surface area contributed by atoms with E-state index in [0.717, 1.165) is 15.9 Å². The van der Waals surface area contributed by atoms with Gasteiger partial charge in [0.2, 0.25) is 0 Å². The van der Waals surface area contributed by atoms with Crippen molar-refractivity contribution in [3.63, 3.8) is 0 Å². The van der Waals surface area contributed by atoms with Gasteiger partial charge < -0.3 is 0 Å². The predicted molar refractivity (Wildman–Crippen MR) is 95.5 cm³/mol. The van der Waals surface area contributed by atoms with Crippen molar-refractivity contribution in [1.82, 2.24) is 9.03 Å². The van der Waals surface area contributed by atoms with Crippen molar-refractivity contribution in [3.8, 4) is 0 Å². The minimum Gasteiger partial charge on any atom is -0.269 e. The number of benzene rings is 2. The fourth-order valence-electron chi connectivity index (χ4n) is 1.95. The van der Waals surface area contributed by atoms with Gasteiger partial charge in [0.25, 0.3) is 5.91 Å². The minimum atomic E-state index is -3.91. The zero-order valence-corrected chi connectivity index (χ0v) is 14.6. The smallest absolute Gasteiger partial charge is 0.269 e. The molecule has 0 radical (unpaired) electrons. The van der Waals surface area contributed by atoms with Crippen molar-refractivity contribution in [3.05, 3.63) is 76.8 Å². The molecule has 2 rings (SSSR count). The van der Waals surface area contributed by atoms with Gasteiger partial charge in [0, 0.05) is 24.7 Å². The van der Waals surface area contributed by atoms with Gasteiger partial charge in [-0.25, -0.2) is 4.72 Å². The van der Waals surface area contributed by atoms with Crippen LogP contribution in [0.1, 0.15) is 11.1 Å². The van der Waals surface area contributed by atoms with Crippen molar-refractivity contribution >= 4 is 33.8 Å². The Bertz CT molecular complexity index is 836. The van der Waals surface area contributed by atoms with E-state index in [0.29, 0.717) is 10.6 Å². The lowest BCUT2D eigenvalue weighted by Gasteiger charge is -2.16.